The molecule has 1 aliphatic rings. The Morgan fingerprint density at radius 3 is 2.77 bits per heavy atom. The topological polar surface area (TPSA) is 41.6 Å². The molecule has 0 bridgehead atoms. The first kappa shape index (κ1) is 17.1. The number of thiocarbonyl (C=S) groups is 1. The fraction of sp³-hybridized carbons (Fsp3) is 0.500. The van der Waals surface area contributed by atoms with E-state index in [1.54, 1.807) is 7.11 Å². The highest BCUT2D eigenvalue weighted by Gasteiger charge is 2.19. The van der Waals surface area contributed by atoms with Crippen LogP contribution in [0.5, 0.6) is 5.75 Å². The Bertz CT molecular complexity index is 529. The summed E-state index contributed by atoms with van der Waals surface area (Å²) in [6.07, 6.45) is 2.35. The average molecular weight is 338 g/mol. The lowest BCUT2D eigenvalue weighted by Crippen LogP contribution is -2.36. The minimum atomic E-state index is -0.0674. The summed E-state index contributed by atoms with van der Waals surface area (Å²) in [7, 11) is 1.59. The molecule has 0 aliphatic carbocycles. The molecule has 1 N–H and O–H groups in total. The molecule has 1 amide bonds. The quantitative estimate of drug-likeness (QED) is 0.853. The van der Waals surface area contributed by atoms with Crippen molar-refractivity contribution in [1.29, 1.82) is 0 Å². The molecule has 1 aromatic rings. The number of nitrogens with one attached hydrogen (secondary N) is 1. The zero-order chi connectivity index (χ0) is 15.9. The molecule has 0 spiro atoms. The molecule has 1 fully saturated rings. The zero-order valence-corrected chi connectivity index (χ0v) is 14.6. The van der Waals surface area contributed by atoms with Gasteiger partial charge in [0.2, 0.25) is 5.91 Å². The van der Waals surface area contributed by atoms with Crippen molar-refractivity contribution >= 4 is 39.9 Å². The number of benzene rings is 1. The summed E-state index contributed by atoms with van der Waals surface area (Å²) in [5, 5.41) is 2.86. The number of para-hydroxylation sites is 2. The number of piperidine rings is 1. The predicted octanol–water partition coefficient (Wildman–Crippen LogP) is 3.38. The minimum Gasteiger partial charge on any atom is -0.495 e. The lowest BCUT2D eigenvalue weighted by atomic mass is 10.00. The van der Waals surface area contributed by atoms with Crippen LogP contribution in [0.15, 0.2) is 24.3 Å². The van der Waals surface area contributed by atoms with Gasteiger partial charge >= 0.3 is 0 Å². The van der Waals surface area contributed by atoms with Crippen LogP contribution in [-0.4, -0.2) is 41.1 Å². The fourth-order valence-corrected chi connectivity index (χ4v) is 3.40. The van der Waals surface area contributed by atoms with Crippen molar-refractivity contribution in [2.75, 3.05) is 31.3 Å². The van der Waals surface area contributed by atoms with Gasteiger partial charge < -0.3 is 15.0 Å². The number of anilines is 1. The van der Waals surface area contributed by atoms with E-state index >= 15 is 0 Å². The van der Waals surface area contributed by atoms with Crippen LogP contribution in [-0.2, 0) is 4.79 Å². The molecule has 1 aliphatic heterocycles. The van der Waals surface area contributed by atoms with Gasteiger partial charge in [0.25, 0.3) is 0 Å². The first-order chi connectivity index (χ1) is 10.6. The predicted molar refractivity (Wildman–Crippen MR) is 96.7 cm³/mol. The van der Waals surface area contributed by atoms with Gasteiger partial charge in [0.1, 0.15) is 10.1 Å². The molecule has 1 saturated heterocycles. The Labute approximate surface area is 141 Å². The van der Waals surface area contributed by atoms with E-state index in [0.29, 0.717) is 17.2 Å². The molecule has 0 unspecified atom stereocenters. The summed E-state index contributed by atoms with van der Waals surface area (Å²) in [5.41, 5.74) is 0.688. The summed E-state index contributed by atoms with van der Waals surface area (Å²) in [6.45, 7) is 4.27. The second-order valence-corrected chi connectivity index (χ2v) is 7.08. The van der Waals surface area contributed by atoms with Gasteiger partial charge in [-0.3, -0.25) is 4.79 Å². The van der Waals surface area contributed by atoms with Gasteiger partial charge in [0.05, 0.1) is 18.6 Å². The average Bonchev–Trinajstić information content (AvgIpc) is 2.54. The van der Waals surface area contributed by atoms with E-state index in [9.17, 15) is 4.79 Å². The van der Waals surface area contributed by atoms with E-state index in [1.165, 1.54) is 24.6 Å². The van der Waals surface area contributed by atoms with Gasteiger partial charge in [-0.1, -0.05) is 43.0 Å². The number of nitrogens with zero attached hydrogens (tertiary/aromatic N) is 1. The largest absolute Gasteiger partial charge is 0.495 e. The molecule has 0 atom stereocenters. The third-order valence-corrected chi connectivity index (χ3v) is 5.27. The first-order valence-corrected chi connectivity index (χ1v) is 8.84. The number of likely N-dealkylation sites (tertiary alicyclic amines) is 1. The molecular formula is C16H22N2O2S2. The van der Waals surface area contributed by atoms with Gasteiger partial charge in [-0.15, -0.1) is 0 Å². The van der Waals surface area contributed by atoms with E-state index in [1.807, 2.05) is 24.3 Å². The minimum absolute atomic E-state index is 0.0674. The molecule has 1 aromatic carbocycles. The van der Waals surface area contributed by atoms with E-state index in [4.69, 9.17) is 17.0 Å². The van der Waals surface area contributed by atoms with Gasteiger partial charge in [0, 0.05) is 13.1 Å². The van der Waals surface area contributed by atoms with Crippen LogP contribution in [0, 0.1) is 5.92 Å². The second kappa shape index (κ2) is 8.39. The van der Waals surface area contributed by atoms with Gasteiger partial charge in [-0.05, 0) is 30.9 Å². The first-order valence-electron chi connectivity index (χ1n) is 7.44. The van der Waals surface area contributed by atoms with Crippen molar-refractivity contribution in [2.24, 2.45) is 5.92 Å². The number of carbonyl (C=O) groups is 1. The lowest BCUT2D eigenvalue weighted by molar-refractivity contribution is -0.113. The van der Waals surface area contributed by atoms with Gasteiger partial charge in [-0.25, -0.2) is 0 Å². The Morgan fingerprint density at radius 1 is 1.41 bits per heavy atom. The molecule has 22 heavy (non-hydrogen) atoms. The SMILES string of the molecule is COc1ccccc1NC(=O)CSC(=S)N1CCC(C)CC1. The van der Waals surface area contributed by atoms with Crippen molar-refractivity contribution in [1.82, 2.24) is 4.90 Å². The Balaban J connectivity index is 1.79. The van der Waals surface area contributed by atoms with E-state index in [-0.39, 0.29) is 5.91 Å². The summed E-state index contributed by atoms with van der Waals surface area (Å²) in [4.78, 5) is 14.3. The van der Waals surface area contributed by atoms with Crippen LogP contribution < -0.4 is 10.1 Å². The van der Waals surface area contributed by atoms with Gasteiger partial charge in [0.15, 0.2) is 0 Å². The number of thioether (sulfide) groups is 1. The van der Waals surface area contributed by atoms with Crippen LogP contribution in [0.25, 0.3) is 0 Å². The highest BCUT2D eigenvalue weighted by atomic mass is 32.2. The summed E-state index contributed by atoms with van der Waals surface area (Å²) < 4.78 is 6.04. The number of amides is 1. The Morgan fingerprint density at radius 2 is 2.09 bits per heavy atom. The highest BCUT2D eigenvalue weighted by Crippen LogP contribution is 2.24. The van der Waals surface area contributed by atoms with Crippen LogP contribution in [0.3, 0.4) is 0 Å². The monoisotopic (exact) mass is 338 g/mol. The standard InChI is InChI=1S/C16H22N2O2S2/c1-12-7-9-18(10-8-12)16(21)22-11-15(19)17-13-5-3-4-6-14(13)20-2/h3-6,12H,7-11H2,1-2H3,(H,17,19). The molecule has 0 aromatic heterocycles. The number of carbonyl (C=O) groups excluding carboxylic acids is 1. The van der Waals surface area contributed by atoms with E-state index in [2.05, 4.69) is 17.1 Å². The van der Waals surface area contributed by atoms with Crippen molar-refractivity contribution < 1.29 is 9.53 Å². The maximum absolute atomic E-state index is 12.1. The zero-order valence-electron chi connectivity index (χ0n) is 13.0. The van der Waals surface area contributed by atoms with Crippen LogP contribution in [0.2, 0.25) is 0 Å². The molecule has 0 saturated carbocycles. The van der Waals surface area contributed by atoms with Crippen molar-refractivity contribution in [3.05, 3.63) is 24.3 Å². The van der Waals surface area contributed by atoms with Crippen LogP contribution in [0.4, 0.5) is 5.69 Å². The van der Waals surface area contributed by atoms with Crippen LogP contribution >= 0.6 is 24.0 Å². The number of rotatable bonds is 4. The molecular weight excluding hydrogens is 316 g/mol. The number of hydrogen-bond donors (Lipinski definition) is 1. The summed E-state index contributed by atoms with van der Waals surface area (Å²) in [5.74, 6) is 1.69. The van der Waals surface area contributed by atoms with Gasteiger partial charge in [-0.2, -0.15) is 0 Å². The number of hydrogen-bond acceptors (Lipinski definition) is 4. The fourth-order valence-electron chi connectivity index (χ4n) is 2.34. The van der Waals surface area contributed by atoms with Crippen LogP contribution in [0.1, 0.15) is 19.8 Å². The molecule has 1 heterocycles. The van der Waals surface area contributed by atoms with Crippen molar-refractivity contribution in [2.45, 2.75) is 19.8 Å². The lowest BCUT2D eigenvalue weighted by Gasteiger charge is -2.31. The van der Waals surface area contributed by atoms with E-state index in [0.717, 1.165) is 23.3 Å². The number of methoxy groups -OCH3 is 1. The highest BCUT2D eigenvalue weighted by molar-refractivity contribution is 8.23. The second-order valence-electron chi connectivity index (χ2n) is 5.47. The maximum atomic E-state index is 12.1. The normalized spacial score (nSPS) is 15.5. The summed E-state index contributed by atoms with van der Waals surface area (Å²) in [6, 6.07) is 7.38. The maximum Gasteiger partial charge on any atom is 0.234 e. The smallest absolute Gasteiger partial charge is 0.234 e. The molecule has 2 rings (SSSR count). The molecule has 0 radical (unpaired) electrons. The molecule has 4 nitrogen and oxygen atoms in total. The molecule has 120 valence electrons. The third-order valence-electron chi connectivity index (χ3n) is 3.75. The summed E-state index contributed by atoms with van der Waals surface area (Å²) >= 11 is 6.86. The Kier molecular flexibility index (Phi) is 6.51. The molecule has 6 heteroatoms. The Hall–Kier alpha value is -1.27. The third kappa shape index (κ3) is 4.88. The van der Waals surface area contributed by atoms with E-state index < -0.39 is 0 Å². The van der Waals surface area contributed by atoms with Crippen molar-refractivity contribution in [3.63, 3.8) is 0 Å². The van der Waals surface area contributed by atoms with Crippen molar-refractivity contribution in [3.8, 4) is 5.75 Å². The number of ether oxygens (including phenoxy) is 1.